The standard InChI is InChI=1S/C16H16O8/c17-13(18)9-4-6-10(7-5-9)15(21)23-24-16(22)12-3-1-2-11(8-12)14(19)20/h1-3,8-10H,4-7H2,(H,17,18)(H,19,20). The highest BCUT2D eigenvalue weighted by molar-refractivity contribution is 5.94. The molecule has 1 saturated carbocycles. The van der Waals surface area contributed by atoms with E-state index in [0.29, 0.717) is 25.7 Å². The molecule has 0 aromatic heterocycles. The Morgan fingerprint density at radius 1 is 0.875 bits per heavy atom. The van der Waals surface area contributed by atoms with E-state index in [4.69, 9.17) is 10.2 Å². The molecule has 24 heavy (non-hydrogen) atoms. The Labute approximate surface area is 136 Å². The molecule has 2 rings (SSSR count). The van der Waals surface area contributed by atoms with Gasteiger partial charge in [0.15, 0.2) is 0 Å². The fourth-order valence-electron chi connectivity index (χ4n) is 2.55. The Hall–Kier alpha value is -2.90. The summed E-state index contributed by atoms with van der Waals surface area (Å²) < 4.78 is 0. The summed E-state index contributed by atoms with van der Waals surface area (Å²) in [4.78, 5) is 54.3. The average Bonchev–Trinajstić information content (AvgIpc) is 2.59. The second-order valence-electron chi connectivity index (χ2n) is 5.55. The highest BCUT2D eigenvalue weighted by atomic mass is 17.2. The van der Waals surface area contributed by atoms with Crippen molar-refractivity contribution in [3.8, 4) is 0 Å². The molecule has 8 nitrogen and oxygen atoms in total. The molecule has 1 aromatic carbocycles. The van der Waals surface area contributed by atoms with E-state index in [1.807, 2.05) is 0 Å². The van der Waals surface area contributed by atoms with E-state index in [-0.39, 0.29) is 11.1 Å². The molecule has 1 aliphatic carbocycles. The van der Waals surface area contributed by atoms with Crippen molar-refractivity contribution >= 4 is 23.9 Å². The van der Waals surface area contributed by atoms with Crippen LogP contribution in [0.5, 0.6) is 0 Å². The van der Waals surface area contributed by atoms with E-state index < -0.39 is 35.7 Å². The minimum Gasteiger partial charge on any atom is -0.481 e. The number of benzene rings is 1. The normalized spacial score (nSPS) is 20.0. The van der Waals surface area contributed by atoms with Crippen molar-refractivity contribution < 1.29 is 39.2 Å². The second-order valence-corrected chi connectivity index (χ2v) is 5.55. The molecule has 0 saturated heterocycles. The molecule has 1 aromatic rings. The number of carboxylic acid groups (broad SMARTS) is 2. The Kier molecular flexibility index (Phi) is 5.51. The Balaban J connectivity index is 1.86. The van der Waals surface area contributed by atoms with Crippen LogP contribution in [0.3, 0.4) is 0 Å². The van der Waals surface area contributed by atoms with Crippen LogP contribution in [0.4, 0.5) is 0 Å². The fourth-order valence-corrected chi connectivity index (χ4v) is 2.55. The Bertz CT molecular complexity index is 658. The first-order chi connectivity index (χ1) is 11.4. The number of hydrogen-bond acceptors (Lipinski definition) is 6. The van der Waals surface area contributed by atoms with E-state index in [1.54, 1.807) is 0 Å². The Morgan fingerprint density at radius 2 is 1.46 bits per heavy atom. The van der Waals surface area contributed by atoms with Crippen LogP contribution in [-0.2, 0) is 19.4 Å². The molecule has 1 aliphatic rings. The summed E-state index contributed by atoms with van der Waals surface area (Å²) in [5, 5.41) is 17.8. The lowest BCUT2D eigenvalue weighted by atomic mass is 9.82. The SMILES string of the molecule is O=C(O)c1cccc(C(=O)OOC(=O)C2CCC(C(=O)O)CC2)c1. The Morgan fingerprint density at radius 3 is 2.04 bits per heavy atom. The summed E-state index contributed by atoms with van der Waals surface area (Å²) in [5.74, 6) is -4.77. The van der Waals surface area contributed by atoms with E-state index in [9.17, 15) is 19.2 Å². The zero-order chi connectivity index (χ0) is 17.7. The van der Waals surface area contributed by atoms with E-state index in [2.05, 4.69) is 9.78 Å². The molecule has 0 bridgehead atoms. The van der Waals surface area contributed by atoms with Gasteiger partial charge in [0.2, 0.25) is 0 Å². The number of rotatable bonds is 4. The van der Waals surface area contributed by atoms with E-state index in [1.165, 1.54) is 18.2 Å². The molecule has 0 aliphatic heterocycles. The van der Waals surface area contributed by atoms with Crippen molar-refractivity contribution in [1.82, 2.24) is 0 Å². The van der Waals surface area contributed by atoms with Gasteiger partial charge in [0, 0.05) is 0 Å². The van der Waals surface area contributed by atoms with Crippen molar-refractivity contribution in [2.45, 2.75) is 25.7 Å². The molecule has 128 valence electrons. The predicted octanol–water partition coefficient (Wildman–Crippen LogP) is 1.89. The van der Waals surface area contributed by atoms with E-state index >= 15 is 0 Å². The monoisotopic (exact) mass is 336 g/mol. The summed E-state index contributed by atoms with van der Waals surface area (Å²) >= 11 is 0. The average molecular weight is 336 g/mol. The quantitative estimate of drug-likeness (QED) is 0.630. The molecular formula is C16H16O8. The predicted molar refractivity (Wildman–Crippen MR) is 78.0 cm³/mol. The van der Waals surface area contributed by atoms with Crippen LogP contribution in [0.2, 0.25) is 0 Å². The molecule has 0 atom stereocenters. The molecular weight excluding hydrogens is 320 g/mol. The first kappa shape index (κ1) is 17.5. The third-order valence-corrected chi connectivity index (χ3v) is 3.95. The van der Waals surface area contributed by atoms with Crippen molar-refractivity contribution in [2.75, 3.05) is 0 Å². The molecule has 0 heterocycles. The van der Waals surface area contributed by atoms with Crippen molar-refractivity contribution in [1.29, 1.82) is 0 Å². The maximum Gasteiger partial charge on any atom is 0.386 e. The lowest BCUT2D eigenvalue weighted by molar-refractivity contribution is -0.239. The number of carboxylic acids is 2. The third-order valence-electron chi connectivity index (χ3n) is 3.95. The second kappa shape index (κ2) is 7.58. The lowest BCUT2D eigenvalue weighted by Crippen LogP contribution is -2.27. The van der Waals surface area contributed by atoms with Gasteiger partial charge in [0.05, 0.1) is 23.0 Å². The van der Waals surface area contributed by atoms with Gasteiger partial charge in [-0.25, -0.2) is 24.2 Å². The largest absolute Gasteiger partial charge is 0.481 e. The number of carbonyl (C=O) groups excluding carboxylic acids is 2. The van der Waals surface area contributed by atoms with Gasteiger partial charge in [-0.3, -0.25) is 4.79 Å². The van der Waals surface area contributed by atoms with Gasteiger partial charge in [0.1, 0.15) is 0 Å². The molecule has 0 unspecified atom stereocenters. The summed E-state index contributed by atoms with van der Waals surface area (Å²) in [6, 6.07) is 5.12. The van der Waals surface area contributed by atoms with Gasteiger partial charge in [0.25, 0.3) is 0 Å². The third kappa shape index (κ3) is 4.31. The summed E-state index contributed by atoms with van der Waals surface area (Å²) in [5.41, 5.74) is -0.153. The molecule has 2 N–H and O–H groups in total. The van der Waals surface area contributed by atoms with Gasteiger partial charge in [-0.15, -0.1) is 0 Å². The minimum absolute atomic E-state index is 0.0581. The smallest absolute Gasteiger partial charge is 0.386 e. The van der Waals surface area contributed by atoms with Gasteiger partial charge in [-0.1, -0.05) is 6.07 Å². The number of carbonyl (C=O) groups is 4. The molecule has 8 heteroatoms. The molecule has 0 radical (unpaired) electrons. The lowest BCUT2D eigenvalue weighted by Gasteiger charge is -2.23. The van der Waals surface area contributed by atoms with Gasteiger partial charge in [-0.05, 0) is 43.9 Å². The van der Waals surface area contributed by atoms with Crippen molar-refractivity contribution in [3.05, 3.63) is 35.4 Å². The van der Waals surface area contributed by atoms with Crippen LogP contribution in [-0.4, -0.2) is 34.1 Å². The van der Waals surface area contributed by atoms with Crippen LogP contribution in [0, 0.1) is 11.8 Å². The molecule has 0 spiro atoms. The number of aliphatic carboxylic acids is 1. The maximum atomic E-state index is 11.8. The first-order valence-corrected chi connectivity index (χ1v) is 7.37. The highest BCUT2D eigenvalue weighted by Crippen LogP contribution is 2.29. The highest BCUT2D eigenvalue weighted by Gasteiger charge is 2.31. The van der Waals surface area contributed by atoms with Crippen LogP contribution < -0.4 is 0 Å². The van der Waals surface area contributed by atoms with Crippen LogP contribution >= 0.6 is 0 Å². The minimum atomic E-state index is -1.20. The summed E-state index contributed by atoms with van der Waals surface area (Å²) in [7, 11) is 0. The van der Waals surface area contributed by atoms with E-state index in [0.717, 1.165) is 6.07 Å². The number of hydrogen-bond donors (Lipinski definition) is 2. The van der Waals surface area contributed by atoms with Crippen LogP contribution in [0.1, 0.15) is 46.4 Å². The molecule has 0 amide bonds. The summed E-state index contributed by atoms with van der Waals surface area (Å²) in [6.45, 7) is 0. The fraction of sp³-hybridized carbons (Fsp3) is 0.375. The first-order valence-electron chi connectivity index (χ1n) is 7.37. The molecule has 1 fully saturated rings. The van der Waals surface area contributed by atoms with Crippen molar-refractivity contribution in [2.24, 2.45) is 11.8 Å². The topological polar surface area (TPSA) is 127 Å². The van der Waals surface area contributed by atoms with Crippen LogP contribution in [0.25, 0.3) is 0 Å². The van der Waals surface area contributed by atoms with Crippen molar-refractivity contribution in [3.63, 3.8) is 0 Å². The summed E-state index contributed by atoms with van der Waals surface area (Å²) in [6.07, 6.45) is 1.43. The maximum absolute atomic E-state index is 11.8. The zero-order valence-corrected chi connectivity index (χ0v) is 12.6. The van der Waals surface area contributed by atoms with Gasteiger partial charge in [-0.2, -0.15) is 0 Å². The van der Waals surface area contributed by atoms with Gasteiger partial charge >= 0.3 is 23.9 Å². The number of aromatic carboxylic acids is 1. The van der Waals surface area contributed by atoms with Crippen LogP contribution in [0.15, 0.2) is 24.3 Å². The zero-order valence-electron chi connectivity index (χ0n) is 12.6. The van der Waals surface area contributed by atoms with Gasteiger partial charge < -0.3 is 10.2 Å².